The van der Waals surface area contributed by atoms with E-state index >= 15 is 0 Å². The first-order chi connectivity index (χ1) is 14.9. The molecule has 7 nitrogen and oxygen atoms in total. The lowest BCUT2D eigenvalue weighted by Gasteiger charge is -2.06. The van der Waals surface area contributed by atoms with Gasteiger partial charge in [0.1, 0.15) is 11.4 Å². The molecule has 0 bridgehead atoms. The molecule has 0 saturated carbocycles. The number of aryl methyl sites for hydroxylation is 2. The number of aliphatic imine (C=N–C) groups is 1. The lowest BCUT2D eigenvalue weighted by Crippen LogP contribution is -2.17. The Labute approximate surface area is 184 Å². The first-order valence-corrected chi connectivity index (χ1v) is 10.1. The lowest BCUT2D eigenvalue weighted by molar-refractivity contribution is 0.414. The van der Waals surface area contributed by atoms with E-state index in [1.807, 2.05) is 55.8 Å². The van der Waals surface area contributed by atoms with Gasteiger partial charge >= 0.3 is 0 Å². The summed E-state index contributed by atoms with van der Waals surface area (Å²) in [6, 6.07) is 15.0. The predicted octanol–water partition coefficient (Wildman–Crippen LogP) is 4.69. The molecule has 0 aliphatic rings. The van der Waals surface area contributed by atoms with Crippen LogP contribution in [0.25, 0.3) is 11.4 Å². The van der Waals surface area contributed by atoms with Gasteiger partial charge in [0.15, 0.2) is 0 Å². The van der Waals surface area contributed by atoms with E-state index in [0.717, 1.165) is 22.8 Å². The minimum Gasteiger partial charge on any atom is -0.495 e. The van der Waals surface area contributed by atoms with Crippen molar-refractivity contribution in [2.24, 2.45) is 4.99 Å². The van der Waals surface area contributed by atoms with Crippen molar-refractivity contribution in [3.8, 4) is 17.1 Å². The predicted molar refractivity (Wildman–Crippen MR) is 123 cm³/mol. The van der Waals surface area contributed by atoms with Gasteiger partial charge in [0.05, 0.1) is 40.5 Å². The Balaban J connectivity index is 1.72. The maximum absolute atomic E-state index is 13.0. The molecule has 31 heavy (non-hydrogen) atoms. The van der Waals surface area contributed by atoms with E-state index in [0.29, 0.717) is 27.7 Å². The quantitative estimate of drug-likeness (QED) is 0.462. The molecule has 158 valence electrons. The Bertz CT molecular complexity index is 1330. The summed E-state index contributed by atoms with van der Waals surface area (Å²) < 4.78 is 8.56. The average Bonchev–Trinajstić information content (AvgIpc) is 3.22. The van der Waals surface area contributed by atoms with Gasteiger partial charge < -0.3 is 4.74 Å². The van der Waals surface area contributed by atoms with Crippen LogP contribution in [0.2, 0.25) is 5.02 Å². The van der Waals surface area contributed by atoms with Crippen LogP contribution in [0.1, 0.15) is 22.6 Å². The molecule has 0 spiro atoms. The van der Waals surface area contributed by atoms with E-state index in [4.69, 9.17) is 16.3 Å². The van der Waals surface area contributed by atoms with Crippen molar-refractivity contribution in [2.45, 2.75) is 20.8 Å². The summed E-state index contributed by atoms with van der Waals surface area (Å²) >= 11 is 6.10. The van der Waals surface area contributed by atoms with Crippen LogP contribution < -0.4 is 10.3 Å². The third-order valence-electron chi connectivity index (χ3n) is 5.09. The fourth-order valence-corrected chi connectivity index (χ4v) is 3.65. The maximum atomic E-state index is 13.0. The molecule has 0 aliphatic heterocycles. The molecule has 0 unspecified atom stereocenters. The number of nitrogens with zero attached hydrogens (tertiary/aromatic N) is 4. The van der Waals surface area contributed by atoms with E-state index in [1.54, 1.807) is 24.4 Å². The van der Waals surface area contributed by atoms with Gasteiger partial charge in [-0.15, -0.1) is 0 Å². The summed E-state index contributed by atoms with van der Waals surface area (Å²) in [4.78, 5) is 17.6. The van der Waals surface area contributed by atoms with E-state index in [2.05, 4.69) is 15.2 Å². The van der Waals surface area contributed by atoms with Crippen LogP contribution in [0, 0.1) is 20.8 Å². The monoisotopic (exact) mass is 435 g/mol. The highest BCUT2D eigenvalue weighted by molar-refractivity contribution is 6.32. The Morgan fingerprint density at radius 2 is 1.84 bits per heavy atom. The highest BCUT2D eigenvalue weighted by Gasteiger charge is 2.15. The van der Waals surface area contributed by atoms with Crippen molar-refractivity contribution in [3.63, 3.8) is 0 Å². The van der Waals surface area contributed by atoms with Gasteiger partial charge in [-0.25, -0.2) is 9.36 Å². The molecule has 0 saturated heterocycles. The van der Waals surface area contributed by atoms with Crippen LogP contribution in [0.5, 0.6) is 5.75 Å². The number of aromatic nitrogens is 4. The zero-order valence-corrected chi connectivity index (χ0v) is 18.4. The number of H-pyrrole nitrogens is 1. The van der Waals surface area contributed by atoms with E-state index < -0.39 is 0 Å². The van der Waals surface area contributed by atoms with Gasteiger partial charge in [0, 0.05) is 18.0 Å². The zero-order chi connectivity index (χ0) is 22.1. The fraction of sp³-hybridized carbons (Fsp3) is 0.174. The average molecular weight is 436 g/mol. The van der Waals surface area contributed by atoms with Crippen molar-refractivity contribution in [1.82, 2.24) is 19.6 Å². The van der Waals surface area contributed by atoms with Crippen LogP contribution in [-0.2, 0) is 0 Å². The number of hydrogen-bond donors (Lipinski definition) is 1. The number of aromatic amines is 1. The summed E-state index contributed by atoms with van der Waals surface area (Å²) in [7, 11) is 1.53. The Morgan fingerprint density at radius 3 is 2.55 bits per heavy atom. The highest BCUT2D eigenvalue weighted by Crippen LogP contribution is 2.27. The SMILES string of the molecule is COc1cc(-n2[nH]c(C)c(C=Nc3c(C)nn(-c4ccccc4)c3C)c2=O)ccc1Cl. The first kappa shape index (κ1) is 20.7. The number of benzene rings is 2. The number of para-hydroxylation sites is 1. The number of ether oxygens (including phenoxy) is 1. The van der Waals surface area contributed by atoms with Crippen molar-refractivity contribution >= 4 is 23.5 Å². The number of halogens is 1. The minimum atomic E-state index is -0.212. The zero-order valence-electron chi connectivity index (χ0n) is 17.7. The molecular formula is C23H22ClN5O2. The van der Waals surface area contributed by atoms with Gasteiger partial charge in [-0.05, 0) is 45.0 Å². The van der Waals surface area contributed by atoms with Crippen LogP contribution >= 0.6 is 11.6 Å². The van der Waals surface area contributed by atoms with E-state index in [9.17, 15) is 4.79 Å². The van der Waals surface area contributed by atoms with Crippen molar-refractivity contribution in [2.75, 3.05) is 7.11 Å². The third kappa shape index (κ3) is 3.80. The Morgan fingerprint density at radius 1 is 1.10 bits per heavy atom. The molecule has 1 N–H and O–H groups in total. The number of rotatable bonds is 5. The van der Waals surface area contributed by atoms with Crippen molar-refractivity contribution in [3.05, 3.63) is 86.6 Å². The molecule has 2 aromatic carbocycles. The van der Waals surface area contributed by atoms with E-state index in [1.165, 1.54) is 11.8 Å². The number of hydrogen-bond acceptors (Lipinski definition) is 4. The van der Waals surface area contributed by atoms with Gasteiger partial charge in [-0.2, -0.15) is 5.10 Å². The second kappa shape index (κ2) is 8.28. The lowest BCUT2D eigenvalue weighted by atomic mass is 10.2. The maximum Gasteiger partial charge on any atom is 0.280 e. The summed E-state index contributed by atoms with van der Waals surface area (Å²) in [5.74, 6) is 0.494. The standard InChI is InChI=1S/C23H22ClN5O2/c1-14-19(23(30)29(26-14)18-10-11-20(24)21(12-18)31-4)13-25-22-15(2)27-28(16(22)3)17-8-6-5-7-9-17/h5-13,26H,1-4H3. The van der Waals surface area contributed by atoms with Gasteiger partial charge in [0.25, 0.3) is 5.56 Å². The summed E-state index contributed by atoms with van der Waals surface area (Å²) in [5.41, 5.74) is 4.97. The van der Waals surface area contributed by atoms with Crippen LogP contribution in [0.3, 0.4) is 0 Å². The number of methoxy groups -OCH3 is 1. The van der Waals surface area contributed by atoms with Crippen molar-refractivity contribution in [1.29, 1.82) is 0 Å². The molecule has 0 amide bonds. The van der Waals surface area contributed by atoms with E-state index in [-0.39, 0.29) is 5.56 Å². The molecule has 0 aliphatic carbocycles. The second-order valence-electron chi connectivity index (χ2n) is 7.13. The van der Waals surface area contributed by atoms with Gasteiger partial charge in [0.2, 0.25) is 0 Å². The summed E-state index contributed by atoms with van der Waals surface area (Å²) in [6.45, 7) is 5.70. The molecule has 0 atom stereocenters. The molecule has 4 aromatic rings. The number of nitrogens with one attached hydrogen (secondary N) is 1. The minimum absolute atomic E-state index is 0.212. The Kier molecular flexibility index (Phi) is 5.52. The molecular weight excluding hydrogens is 414 g/mol. The summed E-state index contributed by atoms with van der Waals surface area (Å²) in [6.07, 6.45) is 1.59. The molecule has 0 radical (unpaired) electrons. The fourth-order valence-electron chi connectivity index (χ4n) is 3.45. The van der Waals surface area contributed by atoms with Gasteiger partial charge in [-0.1, -0.05) is 29.8 Å². The third-order valence-corrected chi connectivity index (χ3v) is 5.40. The topological polar surface area (TPSA) is 77.2 Å². The van der Waals surface area contributed by atoms with Gasteiger partial charge in [-0.3, -0.25) is 14.9 Å². The first-order valence-electron chi connectivity index (χ1n) is 9.72. The Hall–Kier alpha value is -3.58. The largest absolute Gasteiger partial charge is 0.495 e. The molecule has 2 heterocycles. The second-order valence-corrected chi connectivity index (χ2v) is 7.54. The smallest absolute Gasteiger partial charge is 0.280 e. The van der Waals surface area contributed by atoms with Crippen molar-refractivity contribution < 1.29 is 4.74 Å². The van der Waals surface area contributed by atoms with Crippen LogP contribution in [0.15, 0.2) is 58.3 Å². The molecule has 0 fully saturated rings. The molecule has 8 heteroatoms. The normalized spacial score (nSPS) is 11.4. The summed E-state index contributed by atoms with van der Waals surface area (Å²) in [5, 5.41) is 8.17. The highest BCUT2D eigenvalue weighted by atomic mass is 35.5. The molecule has 2 aromatic heterocycles. The van der Waals surface area contributed by atoms with Crippen LogP contribution in [0.4, 0.5) is 5.69 Å². The van der Waals surface area contributed by atoms with Crippen LogP contribution in [-0.4, -0.2) is 32.9 Å². The molecule has 4 rings (SSSR count).